The summed E-state index contributed by atoms with van der Waals surface area (Å²) in [5.41, 5.74) is 2.47. The predicted molar refractivity (Wildman–Crippen MR) is 88.4 cm³/mol. The van der Waals surface area contributed by atoms with Gasteiger partial charge in [-0.05, 0) is 43.2 Å². The van der Waals surface area contributed by atoms with Crippen LogP contribution in [0.4, 0.5) is 11.4 Å². The highest BCUT2D eigenvalue weighted by Crippen LogP contribution is 2.16. The average molecular weight is 325 g/mol. The third-order valence-corrected chi connectivity index (χ3v) is 3.36. The Morgan fingerprint density at radius 3 is 2.42 bits per heavy atom. The molecule has 0 atom stereocenters. The number of hydrogen-bond acceptors (Lipinski definition) is 4. The first kappa shape index (κ1) is 17.2. The van der Waals surface area contributed by atoms with Crippen LogP contribution in [0.25, 0.3) is 0 Å². The van der Waals surface area contributed by atoms with Gasteiger partial charge in [0.1, 0.15) is 0 Å². The van der Waals surface area contributed by atoms with Crippen LogP contribution >= 0.6 is 0 Å². The molecule has 6 heteroatoms. The van der Waals surface area contributed by atoms with Crippen LogP contribution in [0.2, 0.25) is 0 Å². The van der Waals surface area contributed by atoms with Crippen LogP contribution in [0.1, 0.15) is 28.8 Å². The molecule has 2 aromatic rings. The normalized spacial score (nSPS) is 10.0. The smallest absolute Gasteiger partial charge is 0.255 e. The third-order valence-electron chi connectivity index (χ3n) is 3.36. The number of benzene rings is 2. The number of hydrogen-bond donors (Lipinski definition) is 2. The molecule has 0 aliphatic rings. The zero-order chi connectivity index (χ0) is 17.5. The van der Waals surface area contributed by atoms with Crippen molar-refractivity contribution in [1.29, 1.82) is 0 Å². The van der Waals surface area contributed by atoms with Crippen LogP contribution < -0.4 is 15.7 Å². The number of amides is 2. The van der Waals surface area contributed by atoms with E-state index in [-0.39, 0.29) is 18.7 Å². The second-order valence-corrected chi connectivity index (χ2v) is 5.27. The molecule has 0 saturated carbocycles. The van der Waals surface area contributed by atoms with Crippen molar-refractivity contribution in [3.63, 3.8) is 0 Å². The van der Waals surface area contributed by atoms with Crippen molar-refractivity contribution in [3.8, 4) is 0 Å². The van der Waals surface area contributed by atoms with E-state index in [1.807, 2.05) is 25.1 Å². The number of carbonyl (C=O) groups is 3. The minimum Gasteiger partial charge on any atom is -0.550 e. The fourth-order valence-corrected chi connectivity index (χ4v) is 2.08. The summed E-state index contributed by atoms with van der Waals surface area (Å²) in [5, 5.41) is 15.7. The summed E-state index contributed by atoms with van der Waals surface area (Å²) in [7, 11) is 0. The number of anilines is 2. The quantitative estimate of drug-likeness (QED) is 0.845. The SMILES string of the molecule is Cc1ccccc1NC(=O)c1cccc(NC(=O)CCC(=O)[O-])c1. The van der Waals surface area contributed by atoms with Crippen LogP contribution in [0.15, 0.2) is 48.5 Å². The van der Waals surface area contributed by atoms with Crippen LogP contribution in [-0.2, 0) is 9.59 Å². The van der Waals surface area contributed by atoms with Crippen molar-refractivity contribution in [2.24, 2.45) is 0 Å². The van der Waals surface area contributed by atoms with E-state index < -0.39 is 11.9 Å². The molecule has 0 aromatic heterocycles. The molecule has 0 bridgehead atoms. The van der Waals surface area contributed by atoms with E-state index in [0.717, 1.165) is 5.56 Å². The van der Waals surface area contributed by atoms with E-state index in [4.69, 9.17) is 0 Å². The molecule has 0 radical (unpaired) electrons. The fraction of sp³-hybridized carbons (Fsp3) is 0.167. The molecule has 0 unspecified atom stereocenters. The number of carboxylic acids is 1. The summed E-state index contributed by atoms with van der Waals surface area (Å²) in [4.78, 5) is 34.3. The van der Waals surface area contributed by atoms with Gasteiger partial charge in [0, 0.05) is 29.3 Å². The Morgan fingerprint density at radius 1 is 0.958 bits per heavy atom. The van der Waals surface area contributed by atoms with Gasteiger partial charge in [0.2, 0.25) is 5.91 Å². The van der Waals surface area contributed by atoms with Gasteiger partial charge in [0.05, 0.1) is 0 Å². The van der Waals surface area contributed by atoms with Gasteiger partial charge in [-0.25, -0.2) is 0 Å². The highest BCUT2D eigenvalue weighted by Gasteiger charge is 2.09. The first-order valence-electron chi connectivity index (χ1n) is 7.42. The van der Waals surface area contributed by atoms with E-state index in [2.05, 4.69) is 10.6 Å². The van der Waals surface area contributed by atoms with Crippen molar-refractivity contribution in [2.45, 2.75) is 19.8 Å². The molecule has 24 heavy (non-hydrogen) atoms. The Balaban J connectivity index is 2.04. The molecule has 2 amide bonds. The molecule has 124 valence electrons. The lowest BCUT2D eigenvalue weighted by Crippen LogP contribution is -2.24. The topological polar surface area (TPSA) is 98.3 Å². The summed E-state index contributed by atoms with van der Waals surface area (Å²) < 4.78 is 0. The fourth-order valence-electron chi connectivity index (χ4n) is 2.08. The number of carbonyl (C=O) groups excluding carboxylic acids is 3. The predicted octanol–water partition coefficient (Wildman–Crippen LogP) is 1.72. The van der Waals surface area contributed by atoms with Crippen LogP contribution in [0.5, 0.6) is 0 Å². The lowest BCUT2D eigenvalue weighted by molar-refractivity contribution is -0.305. The van der Waals surface area contributed by atoms with Crippen molar-refractivity contribution >= 4 is 29.2 Å². The zero-order valence-electron chi connectivity index (χ0n) is 13.2. The van der Waals surface area contributed by atoms with Crippen molar-refractivity contribution in [3.05, 3.63) is 59.7 Å². The van der Waals surface area contributed by atoms with Crippen LogP contribution in [-0.4, -0.2) is 17.8 Å². The summed E-state index contributed by atoms with van der Waals surface area (Å²) >= 11 is 0. The first-order valence-corrected chi connectivity index (χ1v) is 7.42. The monoisotopic (exact) mass is 325 g/mol. The Morgan fingerprint density at radius 2 is 1.71 bits per heavy atom. The highest BCUT2D eigenvalue weighted by molar-refractivity contribution is 6.05. The Labute approximate surface area is 139 Å². The summed E-state index contributed by atoms with van der Waals surface area (Å²) in [6.45, 7) is 1.89. The number of rotatable bonds is 6. The average Bonchev–Trinajstić information content (AvgIpc) is 2.55. The Hall–Kier alpha value is -3.15. The molecule has 0 aliphatic carbocycles. The summed E-state index contributed by atoms with van der Waals surface area (Å²) in [6.07, 6.45) is -0.527. The first-order chi connectivity index (χ1) is 11.5. The molecule has 0 aliphatic heterocycles. The van der Waals surface area contributed by atoms with Gasteiger partial charge in [-0.3, -0.25) is 9.59 Å². The number of nitrogens with one attached hydrogen (secondary N) is 2. The maximum atomic E-state index is 12.3. The van der Waals surface area contributed by atoms with Crippen LogP contribution in [0, 0.1) is 6.92 Å². The lowest BCUT2D eigenvalue weighted by atomic mass is 10.1. The van der Waals surface area contributed by atoms with Crippen LogP contribution in [0.3, 0.4) is 0 Å². The third kappa shape index (κ3) is 4.95. The Bertz CT molecular complexity index is 771. The van der Waals surface area contributed by atoms with Gasteiger partial charge in [0.25, 0.3) is 5.91 Å². The molecular formula is C18H17N2O4-. The minimum absolute atomic E-state index is 0.179. The molecule has 0 heterocycles. The van der Waals surface area contributed by atoms with Gasteiger partial charge in [0.15, 0.2) is 0 Å². The van der Waals surface area contributed by atoms with E-state index in [9.17, 15) is 19.5 Å². The largest absolute Gasteiger partial charge is 0.550 e. The van der Waals surface area contributed by atoms with E-state index >= 15 is 0 Å². The number of aliphatic carboxylic acids is 1. The molecule has 2 aromatic carbocycles. The molecule has 2 N–H and O–H groups in total. The number of aryl methyl sites for hydroxylation is 1. The second-order valence-electron chi connectivity index (χ2n) is 5.27. The molecule has 0 fully saturated rings. The molecule has 0 spiro atoms. The maximum Gasteiger partial charge on any atom is 0.255 e. The highest BCUT2D eigenvalue weighted by atomic mass is 16.4. The molecule has 2 rings (SSSR count). The van der Waals surface area contributed by atoms with Crippen molar-refractivity contribution in [1.82, 2.24) is 0 Å². The van der Waals surface area contributed by atoms with E-state index in [1.54, 1.807) is 24.3 Å². The molecule has 6 nitrogen and oxygen atoms in total. The van der Waals surface area contributed by atoms with Gasteiger partial charge in [-0.1, -0.05) is 24.3 Å². The Kier molecular flexibility index (Phi) is 5.68. The second kappa shape index (κ2) is 7.92. The summed E-state index contributed by atoms with van der Waals surface area (Å²) in [6, 6.07) is 13.8. The maximum absolute atomic E-state index is 12.3. The summed E-state index contributed by atoms with van der Waals surface area (Å²) in [5.74, 6) is -2.03. The lowest BCUT2D eigenvalue weighted by Gasteiger charge is -2.10. The standard InChI is InChI=1S/C18H18N2O4/c1-12-5-2-3-8-15(12)20-18(24)13-6-4-7-14(11-13)19-16(21)9-10-17(22)23/h2-8,11H,9-10H2,1H3,(H,19,21)(H,20,24)(H,22,23)/p-1. The van der Waals surface area contributed by atoms with Gasteiger partial charge in [-0.2, -0.15) is 0 Å². The minimum atomic E-state index is -1.28. The number of carboxylic acid groups (broad SMARTS) is 1. The molecular weight excluding hydrogens is 308 g/mol. The van der Waals surface area contributed by atoms with Gasteiger partial charge >= 0.3 is 0 Å². The van der Waals surface area contributed by atoms with Crippen molar-refractivity contribution < 1.29 is 19.5 Å². The zero-order valence-corrected chi connectivity index (χ0v) is 13.2. The van der Waals surface area contributed by atoms with Gasteiger partial charge < -0.3 is 20.5 Å². The van der Waals surface area contributed by atoms with E-state index in [0.29, 0.717) is 16.9 Å². The molecule has 0 saturated heterocycles. The van der Waals surface area contributed by atoms with Gasteiger partial charge in [-0.15, -0.1) is 0 Å². The number of para-hydroxylation sites is 1. The van der Waals surface area contributed by atoms with Crippen molar-refractivity contribution in [2.75, 3.05) is 10.6 Å². The van der Waals surface area contributed by atoms with E-state index in [1.165, 1.54) is 6.07 Å².